The molecule has 2 saturated heterocycles. The lowest BCUT2D eigenvalue weighted by Crippen LogP contribution is -2.51. The van der Waals surface area contributed by atoms with Gasteiger partial charge in [-0.3, -0.25) is 9.59 Å². The third-order valence-electron chi connectivity index (χ3n) is 5.04. The summed E-state index contributed by atoms with van der Waals surface area (Å²) >= 11 is 3.40. The van der Waals surface area contributed by atoms with E-state index in [1.807, 2.05) is 29.2 Å². The minimum absolute atomic E-state index is 0.00648. The first kappa shape index (κ1) is 17.9. The highest BCUT2D eigenvalue weighted by atomic mass is 79.9. The van der Waals surface area contributed by atoms with Crippen LogP contribution in [0.4, 0.5) is 11.6 Å². The summed E-state index contributed by atoms with van der Waals surface area (Å²) in [7, 11) is 0. The Labute approximate surface area is 166 Å². The van der Waals surface area contributed by atoms with Gasteiger partial charge in [0.15, 0.2) is 0 Å². The summed E-state index contributed by atoms with van der Waals surface area (Å²) in [4.78, 5) is 39.5. The van der Waals surface area contributed by atoms with Crippen molar-refractivity contribution in [1.29, 1.82) is 0 Å². The summed E-state index contributed by atoms with van der Waals surface area (Å²) in [5, 5.41) is 0. The van der Waals surface area contributed by atoms with Crippen LogP contribution >= 0.6 is 15.9 Å². The Balaban J connectivity index is 1.36. The maximum absolute atomic E-state index is 12.9. The highest BCUT2D eigenvalue weighted by Gasteiger charge is 2.38. The maximum atomic E-state index is 12.9. The molecule has 0 aliphatic carbocycles. The molecule has 2 aromatic rings. The SMILES string of the molecule is O=C(C1CC(=O)N(c2ccc(Br)cc2)C1)N1CCN(c2ncccn2)CC1. The van der Waals surface area contributed by atoms with Crippen LogP contribution in [0.5, 0.6) is 0 Å². The Morgan fingerprint density at radius 3 is 2.37 bits per heavy atom. The average Bonchev–Trinajstić information content (AvgIpc) is 3.10. The molecule has 140 valence electrons. The second kappa shape index (κ2) is 7.64. The van der Waals surface area contributed by atoms with E-state index in [0.29, 0.717) is 38.7 Å². The molecule has 0 N–H and O–H groups in total. The molecule has 2 amide bonds. The van der Waals surface area contributed by atoms with Crippen LogP contribution < -0.4 is 9.80 Å². The number of halogens is 1. The first-order valence-corrected chi connectivity index (χ1v) is 9.78. The van der Waals surface area contributed by atoms with Crippen LogP contribution in [0.1, 0.15) is 6.42 Å². The van der Waals surface area contributed by atoms with Crippen molar-refractivity contribution < 1.29 is 9.59 Å². The number of hydrogen-bond acceptors (Lipinski definition) is 5. The predicted molar refractivity (Wildman–Crippen MR) is 105 cm³/mol. The summed E-state index contributed by atoms with van der Waals surface area (Å²) < 4.78 is 0.964. The van der Waals surface area contributed by atoms with Crippen LogP contribution in [0, 0.1) is 5.92 Å². The van der Waals surface area contributed by atoms with Crippen molar-refractivity contribution in [1.82, 2.24) is 14.9 Å². The smallest absolute Gasteiger partial charge is 0.228 e. The van der Waals surface area contributed by atoms with Gasteiger partial charge >= 0.3 is 0 Å². The summed E-state index contributed by atoms with van der Waals surface area (Å²) in [5.74, 6) is 0.492. The number of anilines is 2. The third kappa shape index (κ3) is 3.80. The molecular formula is C19H20BrN5O2. The summed E-state index contributed by atoms with van der Waals surface area (Å²) in [6.07, 6.45) is 3.72. The van der Waals surface area contributed by atoms with Gasteiger partial charge in [-0.15, -0.1) is 0 Å². The predicted octanol–water partition coefficient (Wildman–Crippen LogP) is 1.94. The summed E-state index contributed by atoms with van der Waals surface area (Å²) in [6.45, 7) is 3.10. The second-order valence-corrected chi connectivity index (χ2v) is 7.66. The zero-order chi connectivity index (χ0) is 18.8. The van der Waals surface area contributed by atoms with E-state index < -0.39 is 0 Å². The van der Waals surface area contributed by atoms with Crippen molar-refractivity contribution in [2.75, 3.05) is 42.5 Å². The van der Waals surface area contributed by atoms with Crippen LogP contribution in [-0.2, 0) is 9.59 Å². The van der Waals surface area contributed by atoms with Crippen molar-refractivity contribution in [3.05, 3.63) is 47.2 Å². The van der Waals surface area contributed by atoms with E-state index in [2.05, 4.69) is 30.8 Å². The third-order valence-corrected chi connectivity index (χ3v) is 5.57. The zero-order valence-corrected chi connectivity index (χ0v) is 16.4. The van der Waals surface area contributed by atoms with Crippen molar-refractivity contribution >= 4 is 39.4 Å². The Hall–Kier alpha value is -2.48. The lowest BCUT2D eigenvalue weighted by Gasteiger charge is -2.35. The van der Waals surface area contributed by atoms with Crippen LogP contribution in [0.3, 0.4) is 0 Å². The second-order valence-electron chi connectivity index (χ2n) is 6.74. The molecule has 1 atom stereocenters. The molecule has 2 aliphatic rings. The Morgan fingerprint density at radius 2 is 1.70 bits per heavy atom. The number of aromatic nitrogens is 2. The van der Waals surface area contributed by atoms with Gasteiger partial charge in [0.05, 0.1) is 5.92 Å². The molecule has 8 heteroatoms. The number of carbonyl (C=O) groups excluding carboxylic acids is 2. The molecule has 4 rings (SSSR count). The Kier molecular flexibility index (Phi) is 5.07. The van der Waals surface area contributed by atoms with Gasteiger partial charge in [-0.2, -0.15) is 0 Å². The standard InChI is InChI=1S/C19H20BrN5O2/c20-15-2-4-16(5-3-15)25-13-14(12-17(25)26)18(27)23-8-10-24(11-9-23)19-21-6-1-7-22-19/h1-7,14H,8-13H2. The number of hydrogen-bond donors (Lipinski definition) is 0. The molecule has 2 aliphatic heterocycles. The normalized spacial score (nSPS) is 20.3. The van der Waals surface area contributed by atoms with E-state index in [-0.39, 0.29) is 24.2 Å². The van der Waals surface area contributed by atoms with E-state index in [4.69, 9.17) is 0 Å². The van der Waals surface area contributed by atoms with E-state index in [9.17, 15) is 9.59 Å². The van der Waals surface area contributed by atoms with Gasteiger partial charge in [0.2, 0.25) is 17.8 Å². The number of nitrogens with zero attached hydrogens (tertiary/aromatic N) is 5. The quantitative estimate of drug-likeness (QED) is 0.745. The van der Waals surface area contributed by atoms with Gasteiger partial charge < -0.3 is 14.7 Å². The maximum Gasteiger partial charge on any atom is 0.228 e. The van der Waals surface area contributed by atoms with E-state index in [1.54, 1.807) is 23.4 Å². The van der Waals surface area contributed by atoms with Crippen molar-refractivity contribution in [3.8, 4) is 0 Å². The molecule has 1 aromatic heterocycles. The molecule has 0 radical (unpaired) electrons. The monoisotopic (exact) mass is 429 g/mol. The van der Waals surface area contributed by atoms with E-state index in [1.165, 1.54) is 0 Å². The lowest BCUT2D eigenvalue weighted by atomic mass is 10.1. The van der Waals surface area contributed by atoms with E-state index >= 15 is 0 Å². The summed E-state index contributed by atoms with van der Waals surface area (Å²) in [5.41, 5.74) is 0.838. The number of piperazine rings is 1. The van der Waals surface area contributed by atoms with Gasteiger partial charge in [0.1, 0.15) is 0 Å². The molecule has 1 aromatic carbocycles. The largest absolute Gasteiger partial charge is 0.339 e. The minimum atomic E-state index is -0.277. The first-order chi connectivity index (χ1) is 13.1. The van der Waals surface area contributed by atoms with Crippen LogP contribution in [-0.4, -0.2) is 59.4 Å². The fraction of sp³-hybridized carbons (Fsp3) is 0.368. The number of rotatable bonds is 3. The minimum Gasteiger partial charge on any atom is -0.339 e. The average molecular weight is 430 g/mol. The zero-order valence-electron chi connectivity index (χ0n) is 14.8. The van der Waals surface area contributed by atoms with Crippen molar-refractivity contribution in [2.45, 2.75) is 6.42 Å². The fourth-order valence-corrected chi connectivity index (χ4v) is 3.85. The van der Waals surface area contributed by atoms with Gasteiger partial charge in [-0.05, 0) is 30.3 Å². The van der Waals surface area contributed by atoms with Crippen LogP contribution in [0.15, 0.2) is 47.2 Å². The van der Waals surface area contributed by atoms with Crippen molar-refractivity contribution in [2.24, 2.45) is 5.92 Å². The molecule has 7 nitrogen and oxygen atoms in total. The number of amides is 2. The lowest BCUT2D eigenvalue weighted by molar-refractivity contribution is -0.136. The number of carbonyl (C=O) groups is 2. The molecule has 0 bridgehead atoms. The highest BCUT2D eigenvalue weighted by molar-refractivity contribution is 9.10. The van der Waals surface area contributed by atoms with E-state index in [0.717, 1.165) is 10.2 Å². The molecule has 1 unspecified atom stereocenters. The Bertz CT molecular complexity index is 822. The van der Waals surface area contributed by atoms with Gasteiger partial charge in [0.25, 0.3) is 0 Å². The molecule has 3 heterocycles. The topological polar surface area (TPSA) is 69.6 Å². The number of benzene rings is 1. The Morgan fingerprint density at radius 1 is 1.04 bits per heavy atom. The van der Waals surface area contributed by atoms with Gasteiger partial charge in [0, 0.05) is 61.7 Å². The molecule has 0 saturated carbocycles. The first-order valence-electron chi connectivity index (χ1n) is 8.98. The molecular weight excluding hydrogens is 410 g/mol. The summed E-state index contributed by atoms with van der Waals surface area (Å²) in [6, 6.07) is 9.39. The van der Waals surface area contributed by atoms with Crippen LogP contribution in [0.2, 0.25) is 0 Å². The van der Waals surface area contributed by atoms with Gasteiger partial charge in [-0.1, -0.05) is 15.9 Å². The molecule has 2 fully saturated rings. The van der Waals surface area contributed by atoms with Crippen LogP contribution in [0.25, 0.3) is 0 Å². The van der Waals surface area contributed by atoms with Crippen molar-refractivity contribution in [3.63, 3.8) is 0 Å². The fourth-order valence-electron chi connectivity index (χ4n) is 3.58. The molecule has 0 spiro atoms. The molecule has 27 heavy (non-hydrogen) atoms. The van der Waals surface area contributed by atoms with Gasteiger partial charge in [-0.25, -0.2) is 9.97 Å². The highest BCUT2D eigenvalue weighted by Crippen LogP contribution is 2.28.